The highest BCUT2D eigenvalue weighted by molar-refractivity contribution is 7.80. The third-order valence-electron chi connectivity index (χ3n) is 3.27. The maximum atomic E-state index is 12.7. The fraction of sp³-hybridized carbons (Fsp3) is 0.200. The van der Waals surface area contributed by atoms with Crippen molar-refractivity contribution in [3.63, 3.8) is 0 Å². The van der Waals surface area contributed by atoms with Crippen LogP contribution >= 0.6 is 23.6 Å². The third kappa shape index (κ3) is 4.45. The summed E-state index contributed by atoms with van der Waals surface area (Å²) in [5.41, 5.74) is 5.65. The fourth-order valence-corrected chi connectivity index (χ4v) is 2.89. The highest BCUT2D eigenvalue weighted by atomic mass is 32.1. The lowest BCUT2D eigenvalue weighted by molar-refractivity contribution is -0.137. The van der Waals surface area contributed by atoms with Crippen molar-refractivity contribution < 1.29 is 18.0 Å². The first-order chi connectivity index (χ1) is 11.2. The summed E-state index contributed by atoms with van der Waals surface area (Å²) in [7, 11) is 0. The monoisotopic (exact) mass is 373 g/mol. The first-order valence-corrected chi connectivity index (χ1v) is 8.06. The number of rotatable bonds is 2. The molecule has 3 N–H and O–H groups in total. The largest absolute Gasteiger partial charge is 0.416 e. The Morgan fingerprint density at radius 2 is 1.92 bits per heavy atom. The number of benzene rings is 1. The van der Waals surface area contributed by atoms with E-state index in [0.29, 0.717) is 5.56 Å². The van der Waals surface area contributed by atoms with E-state index < -0.39 is 11.7 Å². The summed E-state index contributed by atoms with van der Waals surface area (Å²) < 4.78 is 38.0. The Morgan fingerprint density at radius 3 is 2.50 bits per heavy atom. The zero-order valence-corrected chi connectivity index (χ0v) is 14.4. The van der Waals surface area contributed by atoms with Gasteiger partial charge < -0.3 is 5.32 Å². The van der Waals surface area contributed by atoms with Crippen LogP contribution in [0, 0.1) is 13.8 Å². The maximum Gasteiger partial charge on any atom is 0.416 e. The molecule has 0 atom stereocenters. The van der Waals surface area contributed by atoms with Crippen LogP contribution in [0.1, 0.15) is 26.4 Å². The molecule has 0 aliphatic carbocycles. The summed E-state index contributed by atoms with van der Waals surface area (Å²) in [6, 6.07) is 4.61. The second kappa shape index (κ2) is 7.18. The molecule has 0 spiro atoms. The number of halogens is 3. The zero-order chi connectivity index (χ0) is 17.9. The summed E-state index contributed by atoms with van der Waals surface area (Å²) in [4.78, 5) is 13.1. The molecule has 1 amide bonds. The van der Waals surface area contributed by atoms with Gasteiger partial charge >= 0.3 is 6.18 Å². The Balaban J connectivity index is 1.94. The Hall–Kier alpha value is -2.13. The van der Waals surface area contributed by atoms with Gasteiger partial charge in [0, 0.05) is 15.9 Å². The van der Waals surface area contributed by atoms with Gasteiger partial charge in [-0.2, -0.15) is 13.2 Å². The van der Waals surface area contributed by atoms with Crippen LogP contribution in [0.3, 0.4) is 0 Å². The Labute approximate surface area is 146 Å². The number of hydrogen-bond donors (Lipinski definition) is 3. The Kier molecular flexibility index (Phi) is 5.45. The molecule has 2 aromatic rings. The van der Waals surface area contributed by atoms with Crippen LogP contribution in [-0.2, 0) is 6.18 Å². The minimum Gasteiger partial charge on any atom is -0.331 e. The maximum absolute atomic E-state index is 12.7. The first-order valence-electron chi connectivity index (χ1n) is 6.78. The predicted molar refractivity (Wildman–Crippen MR) is 92.1 cm³/mol. The predicted octanol–water partition coefficient (Wildman–Crippen LogP) is 4.02. The van der Waals surface area contributed by atoms with Crippen molar-refractivity contribution in [3.8, 4) is 0 Å². The van der Waals surface area contributed by atoms with Gasteiger partial charge in [0.1, 0.15) is 0 Å². The van der Waals surface area contributed by atoms with Crippen molar-refractivity contribution in [2.24, 2.45) is 0 Å². The molecule has 9 heteroatoms. The molecule has 0 unspecified atom stereocenters. The van der Waals surface area contributed by atoms with Crippen molar-refractivity contribution in [1.29, 1.82) is 0 Å². The van der Waals surface area contributed by atoms with Gasteiger partial charge in [-0.3, -0.25) is 15.6 Å². The molecule has 0 fully saturated rings. The normalized spacial score (nSPS) is 11.0. The van der Waals surface area contributed by atoms with Crippen molar-refractivity contribution in [2.75, 3.05) is 5.32 Å². The Bertz CT molecular complexity index is 772. The van der Waals surface area contributed by atoms with E-state index in [-0.39, 0.29) is 16.7 Å². The smallest absolute Gasteiger partial charge is 0.331 e. The number of thiophene rings is 1. The highest BCUT2D eigenvalue weighted by Gasteiger charge is 2.30. The van der Waals surface area contributed by atoms with E-state index in [1.165, 1.54) is 23.5 Å². The SMILES string of the molecule is Cc1scc(C(=O)NNC(=S)Nc2cccc(C(F)(F)F)c2)c1C. The van der Waals surface area contributed by atoms with Gasteiger partial charge in [0.25, 0.3) is 5.91 Å². The minimum atomic E-state index is -4.44. The molecule has 4 nitrogen and oxygen atoms in total. The Morgan fingerprint density at radius 1 is 1.21 bits per heavy atom. The van der Waals surface area contributed by atoms with Gasteiger partial charge in [0.2, 0.25) is 0 Å². The number of anilines is 1. The summed E-state index contributed by atoms with van der Waals surface area (Å²) in [6.45, 7) is 3.74. The topological polar surface area (TPSA) is 53.2 Å². The van der Waals surface area contributed by atoms with Crippen molar-refractivity contribution in [1.82, 2.24) is 10.9 Å². The van der Waals surface area contributed by atoms with Gasteiger partial charge in [0.05, 0.1) is 11.1 Å². The van der Waals surface area contributed by atoms with Gasteiger partial charge in [-0.15, -0.1) is 11.3 Å². The molecule has 0 saturated carbocycles. The van der Waals surface area contributed by atoms with E-state index in [2.05, 4.69) is 16.2 Å². The summed E-state index contributed by atoms with van der Waals surface area (Å²) >= 11 is 6.42. The lowest BCUT2D eigenvalue weighted by Gasteiger charge is -2.13. The standard InChI is InChI=1S/C15H14F3N3OS2/c1-8-9(2)24-7-12(8)13(22)20-21-14(23)19-11-5-3-4-10(6-11)15(16,17)18/h3-7H,1-2H3,(H,20,22)(H2,19,21,23). The number of aryl methyl sites for hydroxylation is 1. The minimum absolute atomic E-state index is 0.0210. The van der Waals surface area contributed by atoms with Crippen LogP contribution in [0.5, 0.6) is 0 Å². The molecule has 1 heterocycles. The molecule has 0 bridgehead atoms. The summed E-state index contributed by atoms with van der Waals surface area (Å²) in [6.07, 6.45) is -4.44. The molecule has 24 heavy (non-hydrogen) atoms. The number of alkyl halides is 3. The zero-order valence-electron chi connectivity index (χ0n) is 12.7. The molecular formula is C15H14F3N3OS2. The lowest BCUT2D eigenvalue weighted by atomic mass is 10.2. The number of hydrogen-bond acceptors (Lipinski definition) is 3. The lowest BCUT2D eigenvalue weighted by Crippen LogP contribution is -2.43. The van der Waals surface area contributed by atoms with Crippen LogP contribution < -0.4 is 16.2 Å². The average molecular weight is 373 g/mol. The van der Waals surface area contributed by atoms with E-state index in [1.54, 1.807) is 5.38 Å². The van der Waals surface area contributed by atoms with E-state index in [4.69, 9.17) is 12.2 Å². The molecule has 0 radical (unpaired) electrons. The van der Waals surface area contributed by atoms with Gasteiger partial charge in [-0.25, -0.2) is 0 Å². The number of nitrogens with one attached hydrogen (secondary N) is 3. The number of carbonyl (C=O) groups is 1. The van der Waals surface area contributed by atoms with E-state index in [9.17, 15) is 18.0 Å². The third-order valence-corrected chi connectivity index (χ3v) is 4.49. The van der Waals surface area contributed by atoms with Crippen LogP contribution in [0.2, 0.25) is 0 Å². The molecule has 128 valence electrons. The second-order valence-corrected chi connectivity index (χ2v) is 6.43. The van der Waals surface area contributed by atoms with Crippen LogP contribution in [0.15, 0.2) is 29.6 Å². The van der Waals surface area contributed by atoms with Crippen LogP contribution in [0.4, 0.5) is 18.9 Å². The molecule has 1 aromatic carbocycles. The summed E-state index contributed by atoms with van der Waals surface area (Å²) in [5.74, 6) is -0.370. The van der Waals surface area contributed by atoms with Gasteiger partial charge in [-0.05, 0) is 49.8 Å². The molecule has 1 aromatic heterocycles. The average Bonchev–Trinajstić information content (AvgIpc) is 2.84. The van der Waals surface area contributed by atoms with Crippen molar-refractivity contribution in [2.45, 2.75) is 20.0 Å². The van der Waals surface area contributed by atoms with E-state index >= 15 is 0 Å². The van der Waals surface area contributed by atoms with Gasteiger partial charge in [-0.1, -0.05) is 6.07 Å². The van der Waals surface area contributed by atoms with Crippen molar-refractivity contribution >= 4 is 40.3 Å². The molecule has 2 rings (SSSR count). The van der Waals surface area contributed by atoms with E-state index in [0.717, 1.165) is 22.6 Å². The number of hydrazine groups is 1. The molecule has 0 saturated heterocycles. The quantitative estimate of drug-likeness (QED) is 0.550. The molecule has 0 aliphatic rings. The van der Waals surface area contributed by atoms with Gasteiger partial charge in [0.15, 0.2) is 5.11 Å². The van der Waals surface area contributed by atoms with E-state index in [1.807, 2.05) is 13.8 Å². The van der Waals surface area contributed by atoms with Crippen LogP contribution in [-0.4, -0.2) is 11.0 Å². The van der Waals surface area contributed by atoms with Crippen LogP contribution in [0.25, 0.3) is 0 Å². The first kappa shape index (κ1) is 18.2. The second-order valence-electron chi connectivity index (χ2n) is 4.94. The molecule has 0 aliphatic heterocycles. The number of amides is 1. The summed E-state index contributed by atoms with van der Waals surface area (Å²) in [5, 5.41) is 4.30. The molecular weight excluding hydrogens is 359 g/mol. The highest BCUT2D eigenvalue weighted by Crippen LogP contribution is 2.30. The number of carbonyl (C=O) groups excluding carboxylic acids is 1. The van der Waals surface area contributed by atoms with Crippen molar-refractivity contribution in [3.05, 3.63) is 51.2 Å². The number of thiocarbonyl (C=S) groups is 1. The fourth-order valence-electron chi connectivity index (χ4n) is 1.85.